The van der Waals surface area contributed by atoms with Gasteiger partial charge in [0.15, 0.2) is 0 Å². The van der Waals surface area contributed by atoms with Crippen molar-refractivity contribution in [3.05, 3.63) is 33.8 Å². The molecule has 5 nitrogen and oxygen atoms in total. The van der Waals surface area contributed by atoms with Crippen molar-refractivity contribution in [3.8, 4) is 0 Å². The highest BCUT2D eigenvalue weighted by molar-refractivity contribution is 6.34. The standard InChI is InChI=1S/C15H19Cl2NO4/c1-15(2,3)22-14(21)18-8-10(13(19)20)4-9-5-11(16)7-12(17)6-9/h5-7,10H,4,8H2,1-3H3,(H,18,21)(H,19,20)/t10-/m1/s1. The van der Waals surface area contributed by atoms with E-state index in [4.69, 9.17) is 27.9 Å². The number of carbonyl (C=O) groups excluding carboxylic acids is 1. The Morgan fingerprint density at radius 1 is 1.23 bits per heavy atom. The number of ether oxygens (including phenoxy) is 1. The van der Waals surface area contributed by atoms with Crippen LogP contribution >= 0.6 is 23.2 Å². The molecule has 0 bridgehead atoms. The molecule has 0 fully saturated rings. The van der Waals surface area contributed by atoms with Crippen LogP contribution in [-0.4, -0.2) is 29.3 Å². The fourth-order valence-electron chi connectivity index (χ4n) is 1.78. The van der Waals surface area contributed by atoms with Crippen molar-refractivity contribution in [1.82, 2.24) is 5.32 Å². The number of hydrogen-bond donors (Lipinski definition) is 2. The lowest BCUT2D eigenvalue weighted by molar-refractivity contribution is -0.141. The van der Waals surface area contributed by atoms with Gasteiger partial charge in [0.2, 0.25) is 0 Å². The normalized spacial score (nSPS) is 12.6. The highest BCUT2D eigenvalue weighted by Gasteiger charge is 2.22. The zero-order chi connectivity index (χ0) is 16.9. The van der Waals surface area contributed by atoms with Crippen molar-refractivity contribution < 1.29 is 19.4 Å². The van der Waals surface area contributed by atoms with E-state index >= 15 is 0 Å². The minimum Gasteiger partial charge on any atom is -0.481 e. The van der Waals surface area contributed by atoms with Gasteiger partial charge in [0.25, 0.3) is 0 Å². The second-order valence-corrected chi connectivity index (χ2v) is 6.77. The predicted octanol–water partition coefficient (Wildman–Crippen LogP) is 3.76. The van der Waals surface area contributed by atoms with Gasteiger partial charge in [-0.15, -0.1) is 0 Å². The lowest BCUT2D eigenvalue weighted by Gasteiger charge is -2.21. The van der Waals surface area contributed by atoms with E-state index in [-0.39, 0.29) is 13.0 Å². The van der Waals surface area contributed by atoms with E-state index in [1.165, 1.54) is 0 Å². The van der Waals surface area contributed by atoms with E-state index in [1.54, 1.807) is 39.0 Å². The van der Waals surface area contributed by atoms with Crippen molar-refractivity contribution in [2.45, 2.75) is 32.8 Å². The molecule has 0 saturated heterocycles. The molecule has 1 aromatic rings. The van der Waals surface area contributed by atoms with Gasteiger partial charge in [-0.25, -0.2) is 4.79 Å². The Kier molecular flexibility index (Phi) is 6.50. The quantitative estimate of drug-likeness (QED) is 0.850. The van der Waals surface area contributed by atoms with E-state index in [2.05, 4.69) is 5.32 Å². The number of nitrogens with one attached hydrogen (secondary N) is 1. The molecule has 0 aliphatic carbocycles. The molecular formula is C15H19Cl2NO4. The molecular weight excluding hydrogens is 329 g/mol. The summed E-state index contributed by atoms with van der Waals surface area (Å²) >= 11 is 11.8. The van der Waals surface area contributed by atoms with E-state index in [9.17, 15) is 14.7 Å². The maximum Gasteiger partial charge on any atom is 0.407 e. The first-order chi connectivity index (χ1) is 10.1. The Morgan fingerprint density at radius 3 is 2.23 bits per heavy atom. The fourth-order valence-corrected chi connectivity index (χ4v) is 2.35. The minimum atomic E-state index is -1.02. The maximum absolute atomic E-state index is 11.6. The maximum atomic E-state index is 11.6. The number of carboxylic acids is 1. The van der Waals surface area contributed by atoms with Gasteiger partial charge in [0.05, 0.1) is 5.92 Å². The van der Waals surface area contributed by atoms with Crippen LogP contribution in [0.2, 0.25) is 10.0 Å². The SMILES string of the molecule is CC(C)(C)OC(=O)NC[C@@H](Cc1cc(Cl)cc(Cl)c1)C(=O)O. The van der Waals surface area contributed by atoms with Gasteiger partial charge in [-0.1, -0.05) is 23.2 Å². The first-order valence-corrected chi connectivity index (χ1v) is 7.47. The number of aliphatic carboxylic acids is 1. The van der Waals surface area contributed by atoms with Crippen LogP contribution < -0.4 is 5.32 Å². The van der Waals surface area contributed by atoms with E-state index in [1.807, 2.05) is 0 Å². The lowest BCUT2D eigenvalue weighted by atomic mass is 9.99. The molecule has 0 aliphatic rings. The van der Waals surface area contributed by atoms with Crippen LogP contribution in [0.5, 0.6) is 0 Å². The smallest absolute Gasteiger partial charge is 0.407 e. The highest BCUT2D eigenvalue weighted by Crippen LogP contribution is 2.21. The summed E-state index contributed by atoms with van der Waals surface area (Å²) in [4.78, 5) is 22.9. The second kappa shape index (κ2) is 7.70. The van der Waals surface area contributed by atoms with Crippen LogP contribution in [0.3, 0.4) is 0 Å². The van der Waals surface area contributed by atoms with Crippen LogP contribution in [0.1, 0.15) is 26.3 Å². The van der Waals surface area contributed by atoms with Crippen LogP contribution in [-0.2, 0) is 16.0 Å². The lowest BCUT2D eigenvalue weighted by Crippen LogP contribution is -2.37. The monoisotopic (exact) mass is 347 g/mol. The largest absolute Gasteiger partial charge is 0.481 e. The van der Waals surface area contributed by atoms with Gasteiger partial charge < -0.3 is 15.2 Å². The minimum absolute atomic E-state index is 0.0472. The number of alkyl carbamates (subject to hydrolysis) is 1. The molecule has 1 rings (SSSR count). The molecule has 0 spiro atoms. The molecule has 0 aliphatic heterocycles. The van der Waals surface area contributed by atoms with Crippen LogP contribution in [0.4, 0.5) is 4.79 Å². The number of carbonyl (C=O) groups is 2. The highest BCUT2D eigenvalue weighted by atomic mass is 35.5. The molecule has 0 heterocycles. The summed E-state index contributed by atoms with van der Waals surface area (Å²) in [5.41, 5.74) is 0.0550. The van der Waals surface area contributed by atoms with Crippen LogP contribution in [0.25, 0.3) is 0 Å². The summed E-state index contributed by atoms with van der Waals surface area (Å²) in [6.45, 7) is 5.15. The van der Waals surface area contributed by atoms with E-state index in [0.717, 1.165) is 0 Å². The summed E-state index contributed by atoms with van der Waals surface area (Å²) in [5.74, 6) is -1.82. The Labute approximate surface area is 139 Å². The average Bonchev–Trinajstić information content (AvgIpc) is 2.30. The van der Waals surface area contributed by atoms with Crippen molar-refractivity contribution >= 4 is 35.3 Å². The third-order valence-electron chi connectivity index (χ3n) is 2.65. The van der Waals surface area contributed by atoms with Gasteiger partial charge in [-0.2, -0.15) is 0 Å². The van der Waals surface area contributed by atoms with Gasteiger partial charge in [-0.05, 0) is 51.0 Å². The molecule has 1 atom stereocenters. The third kappa shape index (κ3) is 7.00. The van der Waals surface area contributed by atoms with Gasteiger partial charge >= 0.3 is 12.1 Å². The molecule has 0 unspecified atom stereocenters. The van der Waals surface area contributed by atoms with E-state index < -0.39 is 23.6 Å². The van der Waals surface area contributed by atoms with Crippen LogP contribution in [0, 0.1) is 5.92 Å². The first kappa shape index (κ1) is 18.6. The van der Waals surface area contributed by atoms with E-state index in [0.29, 0.717) is 15.6 Å². The number of hydrogen-bond acceptors (Lipinski definition) is 3. The van der Waals surface area contributed by atoms with Crippen molar-refractivity contribution in [2.75, 3.05) is 6.54 Å². The Hall–Kier alpha value is -1.46. The second-order valence-electron chi connectivity index (χ2n) is 5.90. The summed E-state index contributed by atoms with van der Waals surface area (Å²) in [6, 6.07) is 4.87. The molecule has 1 aromatic carbocycles. The molecule has 0 radical (unpaired) electrons. The summed E-state index contributed by atoms with van der Waals surface area (Å²) < 4.78 is 5.07. The zero-order valence-corrected chi connectivity index (χ0v) is 14.2. The van der Waals surface area contributed by atoms with Gasteiger partial charge in [0.1, 0.15) is 5.60 Å². The number of benzene rings is 1. The average molecular weight is 348 g/mol. The van der Waals surface area contributed by atoms with Gasteiger partial charge in [0, 0.05) is 16.6 Å². The molecule has 0 aromatic heterocycles. The summed E-state index contributed by atoms with van der Waals surface area (Å²) in [7, 11) is 0. The van der Waals surface area contributed by atoms with Crippen molar-refractivity contribution in [2.24, 2.45) is 5.92 Å². The number of halogens is 2. The Balaban J connectivity index is 2.66. The molecule has 22 heavy (non-hydrogen) atoms. The predicted molar refractivity (Wildman–Crippen MR) is 85.5 cm³/mol. The fraction of sp³-hybridized carbons (Fsp3) is 0.467. The summed E-state index contributed by atoms with van der Waals surface area (Å²) in [6.07, 6.45) is -0.450. The Morgan fingerprint density at radius 2 is 1.77 bits per heavy atom. The molecule has 122 valence electrons. The number of rotatable bonds is 5. The van der Waals surface area contributed by atoms with Crippen LogP contribution in [0.15, 0.2) is 18.2 Å². The van der Waals surface area contributed by atoms with Crippen molar-refractivity contribution in [3.63, 3.8) is 0 Å². The van der Waals surface area contributed by atoms with Crippen molar-refractivity contribution in [1.29, 1.82) is 0 Å². The summed E-state index contributed by atoms with van der Waals surface area (Å²) in [5, 5.41) is 12.6. The first-order valence-electron chi connectivity index (χ1n) is 6.71. The molecule has 0 saturated carbocycles. The van der Waals surface area contributed by atoms with Gasteiger partial charge in [-0.3, -0.25) is 4.79 Å². The molecule has 7 heteroatoms. The topological polar surface area (TPSA) is 75.6 Å². The third-order valence-corrected chi connectivity index (χ3v) is 3.08. The Bertz CT molecular complexity index is 535. The molecule has 2 N–H and O–H groups in total. The zero-order valence-electron chi connectivity index (χ0n) is 12.7. The number of carboxylic acid groups (broad SMARTS) is 1. The number of amides is 1. The molecule has 1 amide bonds.